The lowest BCUT2D eigenvalue weighted by Crippen LogP contribution is -2.40. The van der Waals surface area contributed by atoms with Crippen molar-refractivity contribution in [3.8, 4) is 0 Å². The van der Waals surface area contributed by atoms with E-state index in [0.29, 0.717) is 16.9 Å². The lowest BCUT2D eigenvalue weighted by Gasteiger charge is -2.21. The Labute approximate surface area is 200 Å². The van der Waals surface area contributed by atoms with Gasteiger partial charge in [0.15, 0.2) is 0 Å². The summed E-state index contributed by atoms with van der Waals surface area (Å²) in [6, 6.07) is 18.4. The third-order valence-electron chi connectivity index (χ3n) is 4.90. The molecule has 0 aromatic heterocycles. The average Bonchev–Trinajstić information content (AvgIpc) is 2.72. The molecule has 3 rings (SSSR count). The van der Waals surface area contributed by atoms with Gasteiger partial charge in [0.05, 0.1) is 16.1 Å². The number of benzene rings is 3. The van der Waals surface area contributed by atoms with Gasteiger partial charge in [0.2, 0.25) is 10.0 Å². The first-order valence-corrected chi connectivity index (χ1v) is 12.3. The molecule has 0 bridgehead atoms. The molecule has 8 heteroatoms. The highest BCUT2D eigenvalue weighted by Gasteiger charge is 2.24. The van der Waals surface area contributed by atoms with Gasteiger partial charge >= 0.3 is 0 Å². The summed E-state index contributed by atoms with van der Waals surface area (Å²) in [6.45, 7) is 8.87. The fourth-order valence-electron chi connectivity index (χ4n) is 3.38. The molecule has 3 aromatic rings. The van der Waals surface area contributed by atoms with Gasteiger partial charge in [-0.05, 0) is 82.1 Å². The van der Waals surface area contributed by atoms with Crippen molar-refractivity contribution in [2.45, 2.75) is 45.1 Å². The van der Waals surface area contributed by atoms with Gasteiger partial charge in [0.25, 0.3) is 11.8 Å². The number of hydrogen-bond acceptors (Lipinski definition) is 4. The van der Waals surface area contributed by atoms with Crippen LogP contribution in [0.1, 0.15) is 52.6 Å². The number of aryl methyl sites for hydroxylation is 2. The van der Waals surface area contributed by atoms with Gasteiger partial charge in [0.1, 0.15) is 0 Å². The van der Waals surface area contributed by atoms with E-state index in [1.54, 1.807) is 64.1 Å². The Balaban J connectivity index is 1.87. The number of nitrogens with one attached hydrogen (secondary N) is 3. The van der Waals surface area contributed by atoms with Crippen LogP contribution in [0.3, 0.4) is 0 Å². The fourth-order valence-corrected chi connectivity index (χ4v) is 4.82. The Hall–Kier alpha value is -3.49. The maximum atomic E-state index is 13.1. The Morgan fingerprint density at radius 3 is 2.12 bits per heavy atom. The maximum absolute atomic E-state index is 13.1. The summed E-state index contributed by atoms with van der Waals surface area (Å²) in [6.07, 6.45) is 0. The summed E-state index contributed by atoms with van der Waals surface area (Å²) in [5.41, 5.74) is 2.39. The van der Waals surface area contributed by atoms with Crippen LogP contribution in [0.5, 0.6) is 0 Å². The van der Waals surface area contributed by atoms with E-state index in [4.69, 9.17) is 0 Å². The van der Waals surface area contributed by atoms with Crippen molar-refractivity contribution in [1.82, 2.24) is 4.72 Å². The summed E-state index contributed by atoms with van der Waals surface area (Å²) in [5, 5.41) is 5.59. The predicted molar refractivity (Wildman–Crippen MR) is 135 cm³/mol. The Kier molecular flexibility index (Phi) is 7.24. The van der Waals surface area contributed by atoms with E-state index in [9.17, 15) is 18.0 Å². The quantitative estimate of drug-likeness (QED) is 0.468. The van der Waals surface area contributed by atoms with Crippen LogP contribution in [0.15, 0.2) is 71.6 Å². The van der Waals surface area contributed by atoms with Gasteiger partial charge in [0, 0.05) is 16.8 Å². The lowest BCUT2D eigenvalue weighted by atomic mass is 10.1. The Bertz CT molecular complexity index is 1340. The van der Waals surface area contributed by atoms with Crippen LogP contribution in [-0.4, -0.2) is 25.8 Å². The molecule has 0 fully saturated rings. The number of carbonyl (C=O) groups excluding carboxylic acids is 2. The second kappa shape index (κ2) is 9.79. The molecule has 7 nitrogen and oxygen atoms in total. The molecule has 0 heterocycles. The molecule has 0 aliphatic heterocycles. The minimum atomic E-state index is -3.82. The van der Waals surface area contributed by atoms with Gasteiger partial charge in [-0.1, -0.05) is 30.3 Å². The highest BCUT2D eigenvalue weighted by atomic mass is 32.2. The molecule has 3 N–H and O–H groups in total. The first-order valence-electron chi connectivity index (χ1n) is 10.8. The van der Waals surface area contributed by atoms with E-state index < -0.39 is 21.5 Å². The van der Waals surface area contributed by atoms with Crippen LogP contribution in [0.4, 0.5) is 11.4 Å². The summed E-state index contributed by atoms with van der Waals surface area (Å²) in [5.74, 6) is -0.884. The largest absolute Gasteiger partial charge is 0.322 e. The molecular formula is C26H29N3O4S. The standard InChI is InChI=1S/C26H29N3O4S/c1-17-9-8-10-19(15-17)27-24(30)21-11-6-7-12-23(21)28-25(31)22-16-20(14-13-18(22)2)34(32,33)29-26(3,4)5/h6-16,29H,1-5H3,(H,27,30)(H,28,31). The van der Waals surface area contributed by atoms with Crippen LogP contribution < -0.4 is 15.4 Å². The minimum Gasteiger partial charge on any atom is -0.322 e. The molecule has 0 unspecified atom stereocenters. The van der Waals surface area contributed by atoms with Crippen molar-refractivity contribution < 1.29 is 18.0 Å². The normalized spacial score (nSPS) is 11.7. The number of carbonyl (C=O) groups is 2. The molecule has 0 radical (unpaired) electrons. The van der Waals surface area contributed by atoms with E-state index in [0.717, 1.165) is 5.56 Å². The molecule has 178 valence electrons. The van der Waals surface area contributed by atoms with Crippen molar-refractivity contribution in [2.75, 3.05) is 10.6 Å². The molecule has 0 saturated heterocycles. The molecule has 0 saturated carbocycles. The summed E-state index contributed by atoms with van der Waals surface area (Å²) < 4.78 is 28.1. The van der Waals surface area contributed by atoms with Crippen LogP contribution >= 0.6 is 0 Å². The van der Waals surface area contributed by atoms with E-state index in [-0.39, 0.29) is 21.9 Å². The van der Waals surface area contributed by atoms with Crippen LogP contribution in [0, 0.1) is 13.8 Å². The summed E-state index contributed by atoms with van der Waals surface area (Å²) in [7, 11) is -3.82. The predicted octanol–water partition coefficient (Wildman–Crippen LogP) is 4.88. The van der Waals surface area contributed by atoms with Crippen molar-refractivity contribution in [3.63, 3.8) is 0 Å². The van der Waals surface area contributed by atoms with Crippen molar-refractivity contribution in [3.05, 3.63) is 89.0 Å². The number of hydrogen-bond donors (Lipinski definition) is 3. The maximum Gasteiger partial charge on any atom is 0.257 e. The highest BCUT2D eigenvalue weighted by Crippen LogP contribution is 2.22. The van der Waals surface area contributed by atoms with Crippen LogP contribution in [-0.2, 0) is 10.0 Å². The molecule has 2 amide bonds. The fraction of sp³-hybridized carbons (Fsp3) is 0.231. The second-order valence-electron chi connectivity index (χ2n) is 9.16. The first kappa shape index (κ1) is 25.1. The Morgan fingerprint density at radius 1 is 0.765 bits per heavy atom. The molecule has 0 spiro atoms. The third-order valence-corrected chi connectivity index (χ3v) is 6.66. The molecule has 0 atom stereocenters. The van der Waals surface area contributed by atoms with Crippen LogP contribution in [0.25, 0.3) is 0 Å². The van der Waals surface area contributed by atoms with Gasteiger partial charge in [-0.15, -0.1) is 0 Å². The van der Waals surface area contributed by atoms with E-state index in [1.807, 2.05) is 25.1 Å². The molecule has 3 aromatic carbocycles. The summed E-state index contributed by atoms with van der Waals surface area (Å²) >= 11 is 0. The third kappa shape index (κ3) is 6.30. The highest BCUT2D eigenvalue weighted by molar-refractivity contribution is 7.89. The second-order valence-corrected chi connectivity index (χ2v) is 10.8. The summed E-state index contributed by atoms with van der Waals surface area (Å²) in [4.78, 5) is 26.0. The molecule has 0 aliphatic rings. The molecule has 34 heavy (non-hydrogen) atoms. The van der Waals surface area contributed by atoms with Gasteiger partial charge in [-0.25, -0.2) is 13.1 Å². The lowest BCUT2D eigenvalue weighted by molar-refractivity contribution is 0.102. The van der Waals surface area contributed by atoms with Gasteiger partial charge < -0.3 is 10.6 Å². The molecular weight excluding hydrogens is 450 g/mol. The van der Waals surface area contributed by atoms with Gasteiger partial charge in [-0.3, -0.25) is 9.59 Å². The van der Waals surface area contributed by atoms with Crippen LogP contribution in [0.2, 0.25) is 0 Å². The Morgan fingerprint density at radius 2 is 1.44 bits per heavy atom. The number of para-hydroxylation sites is 1. The smallest absolute Gasteiger partial charge is 0.257 e. The van der Waals surface area contributed by atoms with Crippen molar-refractivity contribution in [2.24, 2.45) is 0 Å². The number of sulfonamides is 1. The topological polar surface area (TPSA) is 104 Å². The number of rotatable bonds is 6. The number of anilines is 2. The number of amides is 2. The first-order chi connectivity index (χ1) is 15.9. The van der Waals surface area contributed by atoms with E-state index in [1.165, 1.54) is 12.1 Å². The molecule has 0 aliphatic carbocycles. The zero-order valence-corrected chi connectivity index (χ0v) is 20.7. The average molecular weight is 480 g/mol. The van der Waals surface area contributed by atoms with Gasteiger partial charge in [-0.2, -0.15) is 0 Å². The van der Waals surface area contributed by atoms with E-state index in [2.05, 4.69) is 15.4 Å². The zero-order valence-electron chi connectivity index (χ0n) is 19.9. The minimum absolute atomic E-state index is 0.0105. The zero-order chi connectivity index (χ0) is 25.1. The monoisotopic (exact) mass is 479 g/mol. The van der Waals surface area contributed by atoms with E-state index >= 15 is 0 Å². The van der Waals surface area contributed by atoms with Crippen molar-refractivity contribution in [1.29, 1.82) is 0 Å². The van der Waals surface area contributed by atoms with Crippen molar-refractivity contribution >= 4 is 33.2 Å². The SMILES string of the molecule is Cc1cccc(NC(=O)c2ccccc2NC(=O)c2cc(S(=O)(=O)NC(C)(C)C)ccc2C)c1.